The predicted molar refractivity (Wildman–Crippen MR) is 105 cm³/mol. The van der Waals surface area contributed by atoms with E-state index >= 15 is 0 Å². The molecule has 0 bridgehead atoms. The van der Waals surface area contributed by atoms with Crippen LogP contribution in [0.15, 0.2) is 35.5 Å². The first-order chi connectivity index (χ1) is 12.8. The van der Waals surface area contributed by atoms with Crippen LogP contribution in [0.25, 0.3) is 11.2 Å². The molecular weight excluding hydrogens is 346 g/mol. The lowest BCUT2D eigenvalue weighted by molar-refractivity contribution is 0.205. The Labute approximate surface area is 157 Å². The monoisotopic (exact) mass is 369 g/mol. The molecule has 2 aromatic heterocycles. The third-order valence-corrected chi connectivity index (χ3v) is 5.52. The molecule has 0 unspecified atom stereocenters. The Bertz CT molecular complexity index is 858. The molecule has 0 radical (unpaired) electrons. The van der Waals surface area contributed by atoms with Gasteiger partial charge in [0.25, 0.3) is 0 Å². The molecule has 0 aliphatic heterocycles. The molecule has 1 aliphatic carbocycles. The highest BCUT2D eigenvalue weighted by molar-refractivity contribution is 7.98. The Morgan fingerprint density at radius 1 is 1.15 bits per heavy atom. The summed E-state index contributed by atoms with van der Waals surface area (Å²) in [5, 5.41) is 3.25. The van der Waals surface area contributed by atoms with Gasteiger partial charge in [-0.3, -0.25) is 0 Å². The Hall–Kier alpha value is -2.28. The quantitative estimate of drug-likeness (QED) is 0.609. The number of ether oxygens (including phenoxy) is 1. The molecule has 1 aliphatic rings. The molecule has 26 heavy (non-hydrogen) atoms. The highest BCUT2D eigenvalue weighted by Crippen LogP contribution is 2.27. The number of rotatable bonds is 6. The van der Waals surface area contributed by atoms with Gasteiger partial charge in [-0.15, -0.1) is 11.8 Å². The van der Waals surface area contributed by atoms with Crippen LogP contribution in [-0.2, 0) is 0 Å². The highest BCUT2D eigenvalue weighted by atomic mass is 32.2. The first-order valence-corrected chi connectivity index (χ1v) is 10.3. The molecule has 1 saturated carbocycles. The molecule has 0 saturated heterocycles. The summed E-state index contributed by atoms with van der Waals surface area (Å²) in [6.45, 7) is 0.701. The zero-order valence-electron chi connectivity index (χ0n) is 14.9. The van der Waals surface area contributed by atoms with E-state index in [-0.39, 0.29) is 0 Å². The first-order valence-electron chi connectivity index (χ1n) is 9.07. The number of thioether (sulfide) groups is 1. The summed E-state index contributed by atoms with van der Waals surface area (Å²) >= 11 is 1.72. The average molecular weight is 369 g/mol. The number of fused-ring (bicyclic) bond motifs is 1. The number of aromatic amines is 1. The topological polar surface area (TPSA) is 75.7 Å². The van der Waals surface area contributed by atoms with E-state index in [9.17, 15) is 0 Å². The van der Waals surface area contributed by atoms with Crippen molar-refractivity contribution in [2.24, 2.45) is 5.92 Å². The summed E-state index contributed by atoms with van der Waals surface area (Å²) in [6, 6.07) is 8.18. The van der Waals surface area contributed by atoms with Crippen molar-refractivity contribution < 1.29 is 4.74 Å². The van der Waals surface area contributed by atoms with Gasteiger partial charge in [-0.25, -0.2) is 4.98 Å². The molecule has 6 nitrogen and oxygen atoms in total. The number of imidazole rings is 1. The van der Waals surface area contributed by atoms with E-state index in [1.54, 1.807) is 18.1 Å². The van der Waals surface area contributed by atoms with E-state index in [0.29, 0.717) is 30.0 Å². The van der Waals surface area contributed by atoms with E-state index in [1.165, 1.54) is 37.0 Å². The largest absolute Gasteiger partial charge is 0.476 e. The fourth-order valence-corrected chi connectivity index (χ4v) is 3.73. The van der Waals surface area contributed by atoms with Crippen LogP contribution >= 0.6 is 11.8 Å². The van der Waals surface area contributed by atoms with Crippen molar-refractivity contribution in [2.75, 3.05) is 18.2 Å². The van der Waals surface area contributed by atoms with Crippen molar-refractivity contribution in [1.29, 1.82) is 0 Å². The van der Waals surface area contributed by atoms with Crippen LogP contribution in [0.2, 0.25) is 0 Å². The number of anilines is 2. The maximum Gasteiger partial charge on any atom is 0.245 e. The van der Waals surface area contributed by atoms with Gasteiger partial charge in [0.1, 0.15) is 5.52 Å². The Balaban J connectivity index is 1.53. The standard InChI is InChI=1S/C19H23N5OS/c1-26-15-9-7-14(8-10-15)22-19-23-17-16(20-12-21-17)18(24-19)25-11-13-5-3-2-4-6-13/h7-10,12-13H,2-6,11H2,1H3,(H2,20,21,22,23,24). The van der Waals surface area contributed by atoms with Crippen molar-refractivity contribution in [1.82, 2.24) is 19.9 Å². The van der Waals surface area contributed by atoms with Crippen LogP contribution in [0.1, 0.15) is 32.1 Å². The summed E-state index contributed by atoms with van der Waals surface area (Å²) in [5.41, 5.74) is 2.31. The fourth-order valence-electron chi connectivity index (χ4n) is 3.32. The lowest BCUT2D eigenvalue weighted by Crippen LogP contribution is -2.16. The molecule has 2 N–H and O–H groups in total. The number of hydrogen-bond acceptors (Lipinski definition) is 6. The van der Waals surface area contributed by atoms with E-state index in [4.69, 9.17) is 4.74 Å². The second kappa shape index (κ2) is 7.95. The van der Waals surface area contributed by atoms with E-state index < -0.39 is 0 Å². The zero-order valence-corrected chi connectivity index (χ0v) is 15.7. The second-order valence-electron chi connectivity index (χ2n) is 6.62. The van der Waals surface area contributed by atoms with Gasteiger partial charge in [0.2, 0.25) is 11.8 Å². The summed E-state index contributed by atoms with van der Waals surface area (Å²) in [5.74, 6) is 1.69. The van der Waals surface area contributed by atoms with Crippen molar-refractivity contribution in [2.45, 2.75) is 37.0 Å². The lowest BCUT2D eigenvalue weighted by Gasteiger charge is -2.21. The molecule has 3 aromatic rings. The number of nitrogens with zero attached hydrogens (tertiary/aromatic N) is 3. The molecule has 1 aromatic carbocycles. The molecular formula is C19H23N5OS. The lowest BCUT2D eigenvalue weighted by atomic mass is 9.90. The first kappa shape index (κ1) is 17.1. The Morgan fingerprint density at radius 3 is 2.73 bits per heavy atom. The minimum atomic E-state index is 0.500. The van der Waals surface area contributed by atoms with Crippen LogP contribution in [0.5, 0.6) is 5.88 Å². The number of benzene rings is 1. The molecule has 2 heterocycles. The minimum Gasteiger partial charge on any atom is -0.476 e. The van der Waals surface area contributed by atoms with Gasteiger partial charge < -0.3 is 15.0 Å². The van der Waals surface area contributed by atoms with Crippen LogP contribution in [-0.4, -0.2) is 32.8 Å². The summed E-state index contributed by atoms with van der Waals surface area (Å²) in [7, 11) is 0. The van der Waals surface area contributed by atoms with E-state index in [1.807, 2.05) is 12.1 Å². The molecule has 1 fully saturated rings. The normalized spacial score (nSPS) is 15.3. The van der Waals surface area contributed by atoms with Gasteiger partial charge in [0.15, 0.2) is 5.65 Å². The highest BCUT2D eigenvalue weighted by Gasteiger charge is 2.17. The van der Waals surface area contributed by atoms with Crippen molar-refractivity contribution in [3.8, 4) is 5.88 Å². The number of H-pyrrole nitrogens is 1. The smallest absolute Gasteiger partial charge is 0.245 e. The van der Waals surface area contributed by atoms with Crippen molar-refractivity contribution >= 4 is 34.6 Å². The number of hydrogen-bond donors (Lipinski definition) is 2. The molecule has 4 rings (SSSR count). The molecule has 0 atom stereocenters. The summed E-state index contributed by atoms with van der Waals surface area (Å²) in [4.78, 5) is 17.6. The minimum absolute atomic E-state index is 0.500. The van der Waals surface area contributed by atoms with Gasteiger partial charge in [-0.1, -0.05) is 19.3 Å². The van der Waals surface area contributed by atoms with Crippen molar-refractivity contribution in [3.05, 3.63) is 30.6 Å². The molecule has 0 spiro atoms. The van der Waals surface area contributed by atoms with Gasteiger partial charge in [-0.2, -0.15) is 9.97 Å². The molecule has 0 amide bonds. The van der Waals surface area contributed by atoms with Crippen LogP contribution in [0.4, 0.5) is 11.6 Å². The van der Waals surface area contributed by atoms with Gasteiger partial charge in [0.05, 0.1) is 12.9 Å². The molecule has 136 valence electrons. The predicted octanol–water partition coefficient (Wildman–Crippen LogP) is 4.78. The van der Waals surface area contributed by atoms with E-state index in [0.717, 1.165) is 11.2 Å². The van der Waals surface area contributed by atoms with Gasteiger partial charge in [0, 0.05) is 10.6 Å². The summed E-state index contributed by atoms with van der Waals surface area (Å²) < 4.78 is 6.07. The van der Waals surface area contributed by atoms with Crippen molar-refractivity contribution in [3.63, 3.8) is 0 Å². The van der Waals surface area contributed by atoms with Crippen LogP contribution in [0, 0.1) is 5.92 Å². The average Bonchev–Trinajstić information content (AvgIpc) is 3.16. The van der Waals surface area contributed by atoms with E-state index in [2.05, 4.69) is 43.6 Å². The van der Waals surface area contributed by atoms with Gasteiger partial charge >= 0.3 is 0 Å². The number of nitrogens with one attached hydrogen (secondary N) is 2. The third-order valence-electron chi connectivity index (χ3n) is 4.78. The van der Waals surface area contributed by atoms with Crippen LogP contribution in [0.3, 0.4) is 0 Å². The SMILES string of the molecule is CSc1ccc(Nc2nc(OCC3CCCCC3)c3[nH]cnc3n2)cc1. The maximum absolute atomic E-state index is 6.07. The Morgan fingerprint density at radius 2 is 1.96 bits per heavy atom. The second-order valence-corrected chi connectivity index (χ2v) is 7.50. The Kier molecular flexibility index (Phi) is 5.24. The summed E-state index contributed by atoms with van der Waals surface area (Å²) in [6.07, 6.45) is 10.1. The molecule has 7 heteroatoms. The van der Waals surface area contributed by atoms with Gasteiger partial charge in [-0.05, 0) is 49.3 Å². The zero-order chi connectivity index (χ0) is 17.8. The maximum atomic E-state index is 6.07. The third kappa shape index (κ3) is 3.93. The fraction of sp³-hybridized carbons (Fsp3) is 0.421. The number of aromatic nitrogens is 4. The van der Waals surface area contributed by atoms with Crippen LogP contribution < -0.4 is 10.1 Å².